The standard InChI is InChI=1S/C13H15BCl2O/c1-17-9-4-2-3-8(5-9)6-10-11(15)7-12(16)13(10)14/h2-5,10-13H,6-7H2,1H3. The van der Waals surface area contributed by atoms with E-state index in [-0.39, 0.29) is 22.5 Å². The van der Waals surface area contributed by atoms with Gasteiger partial charge in [0.05, 0.1) is 15.0 Å². The van der Waals surface area contributed by atoms with E-state index in [0.717, 1.165) is 18.6 Å². The zero-order valence-electron chi connectivity index (χ0n) is 9.77. The van der Waals surface area contributed by atoms with Gasteiger partial charge in [0.25, 0.3) is 0 Å². The molecule has 0 N–H and O–H groups in total. The van der Waals surface area contributed by atoms with E-state index in [1.165, 1.54) is 5.56 Å². The molecular formula is C13H15BCl2O. The van der Waals surface area contributed by atoms with Crippen molar-refractivity contribution in [1.29, 1.82) is 0 Å². The van der Waals surface area contributed by atoms with Gasteiger partial charge in [0.2, 0.25) is 0 Å². The Hall–Kier alpha value is -0.335. The number of benzene rings is 1. The lowest BCUT2D eigenvalue weighted by Gasteiger charge is -2.20. The molecule has 0 saturated heterocycles. The molecule has 0 heterocycles. The van der Waals surface area contributed by atoms with Gasteiger partial charge in [-0.1, -0.05) is 17.9 Å². The summed E-state index contributed by atoms with van der Waals surface area (Å²) in [6.45, 7) is 0. The van der Waals surface area contributed by atoms with Crippen LogP contribution in [0.5, 0.6) is 5.75 Å². The molecule has 4 atom stereocenters. The first-order valence-electron chi connectivity index (χ1n) is 5.78. The Morgan fingerprint density at radius 1 is 1.35 bits per heavy atom. The van der Waals surface area contributed by atoms with Crippen LogP contribution in [-0.4, -0.2) is 25.7 Å². The monoisotopic (exact) mass is 268 g/mol. The molecule has 0 spiro atoms. The van der Waals surface area contributed by atoms with Crippen LogP contribution < -0.4 is 4.74 Å². The summed E-state index contributed by atoms with van der Waals surface area (Å²) >= 11 is 12.4. The third-order valence-corrected chi connectivity index (χ3v) is 4.40. The van der Waals surface area contributed by atoms with E-state index >= 15 is 0 Å². The molecule has 1 aliphatic carbocycles. The van der Waals surface area contributed by atoms with E-state index in [0.29, 0.717) is 0 Å². The molecule has 0 amide bonds. The van der Waals surface area contributed by atoms with E-state index in [1.54, 1.807) is 7.11 Å². The number of rotatable bonds is 3. The predicted molar refractivity (Wildman–Crippen MR) is 73.6 cm³/mol. The third-order valence-electron chi connectivity index (χ3n) is 3.43. The van der Waals surface area contributed by atoms with Crippen LogP contribution in [0.25, 0.3) is 0 Å². The molecule has 1 aliphatic rings. The van der Waals surface area contributed by atoms with Crippen LogP contribution in [0, 0.1) is 5.92 Å². The van der Waals surface area contributed by atoms with Crippen molar-refractivity contribution in [1.82, 2.24) is 0 Å². The van der Waals surface area contributed by atoms with Crippen LogP contribution in [0.2, 0.25) is 5.82 Å². The number of hydrogen-bond acceptors (Lipinski definition) is 1. The predicted octanol–water partition coefficient (Wildman–Crippen LogP) is 3.43. The lowest BCUT2D eigenvalue weighted by atomic mass is 9.76. The topological polar surface area (TPSA) is 9.23 Å². The minimum atomic E-state index is -0.0228. The van der Waals surface area contributed by atoms with Gasteiger partial charge in [-0.2, -0.15) is 0 Å². The second-order valence-corrected chi connectivity index (χ2v) is 5.69. The number of halogens is 2. The Bertz CT molecular complexity index is 385. The summed E-state index contributed by atoms with van der Waals surface area (Å²) in [5, 5.41) is 0.0619. The average molecular weight is 269 g/mol. The smallest absolute Gasteiger partial charge is 0.119 e. The fraction of sp³-hybridized carbons (Fsp3) is 0.538. The highest BCUT2D eigenvalue weighted by Gasteiger charge is 2.37. The molecule has 1 nitrogen and oxygen atoms in total. The van der Waals surface area contributed by atoms with E-state index < -0.39 is 0 Å². The number of methoxy groups -OCH3 is 1. The molecule has 0 bridgehead atoms. The Balaban J connectivity index is 2.09. The Morgan fingerprint density at radius 3 is 2.71 bits per heavy atom. The third kappa shape index (κ3) is 2.92. The first-order valence-corrected chi connectivity index (χ1v) is 6.65. The molecular weight excluding hydrogens is 254 g/mol. The van der Waals surface area contributed by atoms with Crippen LogP contribution in [0.15, 0.2) is 24.3 Å². The second-order valence-electron chi connectivity index (χ2n) is 4.56. The summed E-state index contributed by atoms with van der Waals surface area (Å²) in [4.78, 5) is 0. The van der Waals surface area contributed by atoms with Crippen LogP contribution in [0.1, 0.15) is 12.0 Å². The maximum Gasteiger partial charge on any atom is 0.119 e. The first kappa shape index (κ1) is 13.1. The summed E-state index contributed by atoms with van der Waals surface area (Å²) in [6, 6.07) is 8.01. The van der Waals surface area contributed by atoms with Crippen molar-refractivity contribution in [2.45, 2.75) is 29.4 Å². The van der Waals surface area contributed by atoms with Crippen molar-refractivity contribution in [2.75, 3.05) is 7.11 Å². The van der Waals surface area contributed by atoms with Gasteiger partial charge >= 0.3 is 0 Å². The van der Waals surface area contributed by atoms with E-state index in [2.05, 4.69) is 6.07 Å². The average Bonchev–Trinajstić information content (AvgIpc) is 2.56. The summed E-state index contributed by atoms with van der Waals surface area (Å²) < 4.78 is 5.20. The molecule has 90 valence electrons. The summed E-state index contributed by atoms with van der Waals surface area (Å²) in [5.41, 5.74) is 1.20. The highest BCUT2D eigenvalue weighted by molar-refractivity contribution is 6.29. The number of alkyl halides is 2. The van der Waals surface area contributed by atoms with Gasteiger partial charge in [0.1, 0.15) is 5.75 Å². The van der Waals surface area contributed by atoms with E-state index in [9.17, 15) is 0 Å². The van der Waals surface area contributed by atoms with Crippen molar-refractivity contribution in [3.63, 3.8) is 0 Å². The van der Waals surface area contributed by atoms with Gasteiger partial charge in [-0.3, -0.25) is 0 Å². The molecule has 2 rings (SSSR count). The second kappa shape index (κ2) is 5.54. The van der Waals surface area contributed by atoms with Crippen molar-refractivity contribution >= 4 is 31.0 Å². The molecule has 4 unspecified atom stereocenters. The maximum atomic E-state index is 6.30. The normalized spacial score (nSPS) is 32.6. The first-order chi connectivity index (χ1) is 8.11. The highest BCUT2D eigenvalue weighted by atomic mass is 35.5. The molecule has 0 aromatic heterocycles. The number of ether oxygens (including phenoxy) is 1. The molecule has 0 aliphatic heterocycles. The molecule has 17 heavy (non-hydrogen) atoms. The van der Waals surface area contributed by atoms with Crippen molar-refractivity contribution in [2.24, 2.45) is 5.92 Å². The van der Waals surface area contributed by atoms with Gasteiger partial charge in [0.15, 0.2) is 0 Å². The van der Waals surface area contributed by atoms with Gasteiger partial charge in [-0.15, -0.1) is 23.2 Å². The molecule has 2 radical (unpaired) electrons. The van der Waals surface area contributed by atoms with Crippen LogP contribution in [0.4, 0.5) is 0 Å². The van der Waals surface area contributed by atoms with Crippen molar-refractivity contribution in [3.8, 4) is 5.75 Å². The Morgan fingerprint density at radius 2 is 2.12 bits per heavy atom. The summed E-state index contributed by atoms with van der Waals surface area (Å²) in [7, 11) is 7.75. The molecule has 4 heteroatoms. The molecule has 1 aromatic rings. The van der Waals surface area contributed by atoms with Crippen molar-refractivity contribution < 1.29 is 4.74 Å². The Labute approximate surface area is 114 Å². The zero-order valence-corrected chi connectivity index (χ0v) is 11.3. The Kier molecular flexibility index (Phi) is 4.27. The van der Waals surface area contributed by atoms with Crippen LogP contribution in [0.3, 0.4) is 0 Å². The van der Waals surface area contributed by atoms with E-state index in [4.69, 9.17) is 35.8 Å². The maximum absolute atomic E-state index is 6.30. The summed E-state index contributed by atoms with van der Waals surface area (Å²) in [5.74, 6) is 1.08. The lowest BCUT2D eigenvalue weighted by molar-refractivity contribution is 0.413. The van der Waals surface area contributed by atoms with E-state index in [1.807, 2.05) is 18.2 Å². The fourth-order valence-electron chi connectivity index (χ4n) is 2.39. The van der Waals surface area contributed by atoms with Crippen LogP contribution >= 0.6 is 23.2 Å². The highest BCUT2D eigenvalue weighted by Crippen LogP contribution is 2.43. The number of hydrogen-bond donors (Lipinski definition) is 0. The molecule has 1 saturated carbocycles. The SMILES string of the molecule is [B]C1C(Cl)CC(Cl)C1Cc1cccc(OC)c1. The van der Waals surface area contributed by atoms with Gasteiger partial charge in [-0.05, 0) is 36.5 Å². The molecule has 1 aromatic carbocycles. The fourth-order valence-corrected chi connectivity index (χ4v) is 3.31. The molecule has 1 fully saturated rings. The summed E-state index contributed by atoms with van der Waals surface area (Å²) in [6.07, 6.45) is 1.65. The minimum absolute atomic E-state index is 0.00638. The zero-order chi connectivity index (χ0) is 12.4. The van der Waals surface area contributed by atoms with Gasteiger partial charge in [0, 0.05) is 10.8 Å². The minimum Gasteiger partial charge on any atom is -0.497 e. The van der Waals surface area contributed by atoms with Gasteiger partial charge < -0.3 is 4.74 Å². The largest absolute Gasteiger partial charge is 0.497 e. The quantitative estimate of drug-likeness (QED) is 0.603. The van der Waals surface area contributed by atoms with Crippen molar-refractivity contribution in [3.05, 3.63) is 29.8 Å². The lowest BCUT2D eigenvalue weighted by Crippen LogP contribution is -2.16. The van der Waals surface area contributed by atoms with Gasteiger partial charge in [-0.25, -0.2) is 0 Å². The van der Waals surface area contributed by atoms with Crippen LogP contribution in [-0.2, 0) is 6.42 Å².